The Bertz CT molecular complexity index is 1010. The summed E-state index contributed by atoms with van der Waals surface area (Å²) >= 11 is 0. The molecule has 1 aromatic carbocycles. The normalized spacial score (nSPS) is 18.7. The zero-order valence-electron chi connectivity index (χ0n) is 17.3. The van der Waals surface area contributed by atoms with Gasteiger partial charge in [-0.25, -0.2) is 9.97 Å². The topological polar surface area (TPSA) is 60.2 Å². The van der Waals surface area contributed by atoms with Crippen LogP contribution in [0.1, 0.15) is 41.6 Å². The number of ether oxygens (including phenoxy) is 1. The number of aryl methyl sites for hydroxylation is 2. The van der Waals surface area contributed by atoms with Gasteiger partial charge in [0.15, 0.2) is 5.65 Å². The molecular formula is C24H28N4O2. The van der Waals surface area contributed by atoms with Crippen LogP contribution in [0, 0.1) is 5.41 Å². The highest BCUT2D eigenvalue weighted by Gasteiger charge is 2.37. The fraction of sp³-hybridized carbons (Fsp3) is 0.458. The molecule has 1 amide bonds. The molecule has 156 valence electrons. The van der Waals surface area contributed by atoms with Crippen molar-refractivity contribution in [2.75, 3.05) is 26.3 Å². The van der Waals surface area contributed by atoms with E-state index in [0.29, 0.717) is 11.0 Å². The van der Waals surface area contributed by atoms with Gasteiger partial charge in [-0.1, -0.05) is 30.3 Å². The van der Waals surface area contributed by atoms with Crippen molar-refractivity contribution in [2.45, 2.75) is 38.6 Å². The predicted molar refractivity (Wildman–Crippen MR) is 115 cm³/mol. The third-order valence-electron chi connectivity index (χ3n) is 6.85. The molecular weight excluding hydrogens is 376 g/mol. The second kappa shape index (κ2) is 8.19. The number of amides is 1. The van der Waals surface area contributed by atoms with Crippen LogP contribution in [0.4, 0.5) is 0 Å². The number of likely N-dealkylation sites (tertiary alicyclic amines) is 1. The van der Waals surface area contributed by atoms with Crippen molar-refractivity contribution in [1.82, 2.24) is 19.4 Å². The molecule has 0 atom stereocenters. The summed E-state index contributed by atoms with van der Waals surface area (Å²) in [6.07, 6.45) is 8.87. The smallest absolute Gasteiger partial charge is 0.255 e. The average Bonchev–Trinajstić information content (AvgIpc) is 3.21. The van der Waals surface area contributed by atoms with E-state index in [0.717, 1.165) is 76.1 Å². The fourth-order valence-corrected chi connectivity index (χ4v) is 4.79. The summed E-state index contributed by atoms with van der Waals surface area (Å²) in [6.45, 7) is 4.19. The van der Waals surface area contributed by atoms with Gasteiger partial charge in [0.1, 0.15) is 5.52 Å². The number of pyridine rings is 1. The van der Waals surface area contributed by atoms with E-state index in [-0.39, 0.29) is 5.91 Å². The molecule has 5 rings (SSSR count). The second-order valence-electron chi connectivity index (χ2n) is 8.64. The van der Waals surface area contributed by atoms with Crippen molar-refractivity contribution in [1.29, 1.82) is 0 Å². The number of benzene rings is 1. The van der Waals surface area contributed by atoms with Gasteiger partial charge >= 0.3 is 0 Å². The molecule has 0 aliphatic carbocycles. The molecule has 2 aliphatic rings. The first-order valence-corrected chi connectivity index (χ1v) is 10.9. The first-order valence-electron chi connectivity index (χ1n) is 10.9. The van der Waals surface area contributed by atoms with E-state index >= 15 is 0 Å². The fourth-order valence-electron chi connectivity index (χ4n) is 4.79. The maximum atomic E-state index is 13.1. The second-order valence-corrected chi connectivity index (χ2v) is 8.64. The Labute approximate surface area is 176 Å². The van der Waals surface area contributed by atoms with Crippen molar-refractivity contribution >= 4 is 17.1 Å². The monoisotopic (exact) mass is 404 g/mol. The van der Waals surface area contributed by atoms with Crippen molar-refractivity contribution in [2.24, 2.45) is 5.41 Å². The Morgan fingerprint density at radius 1 is 1.03 bits per heavy atom. The molecule has 0 bridgehead atoms. The first-order chi connectivity index (χ1) is 14.7. The number of fused-ring (bicyclic) bond motifs is 1. The van der Waals surface area contributed by atoms with Crippen LogP contribution in [0.2, 0.25) is 0 Å². The van der Waals surface area contributed by atoms with Crippen LogP contribution in [0.15, 0.2) is 48.9 Å². The molecule has 2 aliphatic heterocycles. The molecule has 0 radical (unpaired) electrons. The molecule has 6 nitrogen and oxygen atoms in total. The van der Waals surface area contributed by atoms with Crippen LogP contribution in [0.5, 0.6) is 0 Å². The van der Waals surface area contributed by atoms with Crippen LogP contribution in [0.25, 0.3) is 11.2 Å². The quantitative estimate of drug-likeness (QED) is 0.665. The number of piperidine rings is 1. The molecule has 2 aromatic heterocycles. The van der Waals surface area contributed by atoms with E-state index in [9.17, 15) is 4.79 Å². The lowest BCUT2D eigenvalue weighted by atomic mass is 9.72. The van der Waals surface area contributed by atoms with E-state index < -0.39 is 0 Å². The maximum Gasteiger partial charge on any atom is 0.255 e. The van der Waals surface area contributed by atoms with Crippen LogP contribution in [-0.4, -0.2) is 51.6 Å². The minimum Gasteiger partial charge on any atom is -0.381 e. The zero-order chi connectivity index (χ0) is 20.4. The summed E-state index contributed by atoms with van der Waals surface area (Å²) in [5.74, 6) is 0.0742. The maximum absolute atomic E-state index is 13.1. The van der Waals surface area contributed by atoms with Gasteiger partial charge in [-0.3, -0.25) is 4.79 Å². The minimum absolute atomic E-state index is 0.0742. The van der Waals surface area contributed by atoms with Gasteiger partial charge < -0.3 is 14.2 Å². The minimum atomic E-state index is 0.0742. The highest BCUT2D eigenvalue weighted by molar-refractivity contribution is 5.96. The Kier molecular flexibility index (Phi) is 5.25. The summed E-state index contributed by atoms with van der Waals surface area (Å²) in [7, 11) is 0. The summed E-state index contributed by atoms with van der Waals surface area (Å²) in [4.78, 5) is 24.1. The van der Waals surface area contributed by atoms with Gasteiger partial charge in [-0.05, 0) is 49.1 Å². The number of hydrogen-bond acceptors (Lipinski definition) is 4. The first kappa shape index (κ1) is 19.2. The van der Waals surface area contributed by atoms with E-state index in [1.165, 1.54) is 5.56 Å². The lowest BCUT2D eigenvalue weighted by molar-refractivity contribution is -0.0175. The number of aromatic nitrogens is 3. The van der Waals surface area contributed by atoms with Gasteiger partial charge in [-0.15, -0.1) is 0 Å². The molecule has 0 N–H and O–H groups in total. The summed E-state index contributed by atoms with van der Waals surface area (Å²) in [5, 5.41) is 0. The lowest BCUT2D eigenvalue weighted by Crippen LogP contribution is -2.45. The van der Waals surface area contributed by atoms with Crippen LogP contribution < -0.4 is 0 Å². The largest absolute Gasteiger partial charge is 0.381 e. The van der Waals surface area contributed by atoms with Crippen LogP contribution in [-0.2, 0) is 17.7 Å². The molecule has 1 spiro atoms. The van der Waals surface area contributed by atoms with Gasteiger partial charge in [0.25, 0.3) is 5.91 Å². The highest BCUT2D eigenvalue weighted by Crippen LogP contribution is 2.40. The van der Waals surface area contributed by atoms with Crippen molar-refractivity contribution in [3.8, 4) is 0 Å². The third kappa shape index (κ3) is 3.84. The lowest BCUT2D eigenvalue weighted by Gasteiger charge is -2.44. The molecule has 0 unspecified atom stereocenters. The van der Waals surface area contributed by atoms with E-state index in [2.05, 4.69) is 38.8 Å². The summed E-state index contributed by atoms with van der Waals surface area (Å²) < 4.78 is 7.59. The molecule has 2 saturated heterocycles. The van der Waals surface area contributed by atoms with Crippen molar-refractivity contribution in [3.05, 3.63) is 60.0 Å². The molecule has 2 fully saturated rings. The summed E-state index contributed by atoms with van der Waals surface area (Å²) in [6, 6.07) is 12.3. The molecule has 6 heteroatoms. The number of hydrogen-bond donors (Lipinski definition) is 0. The SMILES string of the molecule is O=C(c1cnc2c(c1)ncn2CCc1ccccc1)N1CCC2(CCOCC2)CC1. The Morgan fingerprint density at radius 3 is 2.57 bits per heavy atom. The van der Waals surface area contributed by atoms with Crippen LogP contribution in [0.3, 0.4) is 0 Å². The highest BCUT2D eigenvalue weighted by atomic mass is 16.5. The predicted octanol–water partition coefficient (Wildman–Crippen LogP) is 3.71. The molecule has 4 heterocycles. The Hall–Kier alpha value is -2.73. The molecule has 30 heavy (non-hydrogen) atoms. The number of nitrogens with zero attached hydrogens (tertiary/aromatic N) is 4. The van der Waals surface area contributed by atoms with E-state index in [1.807, 2.05) is 23.4 Å². The number of imidazole rings is 1. The number of rotatable bonds is 4. The Balaban J connectivity index is 1.25. The zero-order valence-corrected chi connectivity index (χ0v) is 17.3. The van der Waals surface area contributed by atoms with E-state index in [1.54, 1.807) is 6.20 Å². The van der Waals surface area contributed by atoms with Crippen LogP contribution >= 0.6 is 0 Å². The number of carbonyl (C=O) groups is 1. The van der Waals surface area contributed by atoms with E-state index in [4.69, 9.17) is 4.74 Å². The van der Waals surface area contributed by atoms with Crippen molar-refractivity contribution < 1.29 is 9.53 Å². The number of carbonyl (C=O) groups excluding carboxylic acids is 1. The molecule has 3 aromatic rings. The van der Waals surface area contributed by atoms with Crippen molar-refractivity contribution in [3.63, 3.8) is 0 Å². The standard InChI is InChI=1S/C24H28N4O2/c29-23(27-12-7-24(8-13-27)9-14-30-15-10-24)20-16-21-22(25-17-20)28(18-26-21)11-6-19-4-2-1-3-5-19/h1-5,16-18H,6-15H2. The van der Waals surface area contributed by atoms with Gasteiger partial charge in [0.05, 0.1) is 11.9 Å². The average molecular weight is 405 g/mol. The van der Waals surface area contributed by atoms with Gasteiger partial charge in [-0.2, -0.15) is 0 Å². The Morgan fingerprint density at radius 2 is 1.80 bits per heavy atom. The van der Waals surface area contributed by atoms with Gasteiger partial charge in [0.2, 0.25) is 0 Å². The summed E-state index contributed by atoms with van der Waals surface area (Å²) in [5.41, 5.74) is 3.93. The molecule has 0 saturated carbocycles. The third-order valence-corrected chi connectivity index (χ3v) is 6.85. The van der Waals surface area contributed by atoms with Gasteiger partial charge in [0, 0.05) is 39.0 Å².